The van der Waals surface area contributed by atoms with Crippen LogP contribution in [0.3, 0.4) is 0 Å². The highest BCUT2D eigenvalue weighted by Crippen LogP contribution is 2.42. The maximum absolute atomic E-state index is 13.5. The molecule has 0 radical (unpaired) electrons. The van der Waals surface area contributed by atoms with Crippen LogP contribution in [0.4, 0.5) is 18.9 Å². The number of alkyl halides is 3. The highest BCUT2D eigenvalue weighted by Gasteiger charge is 2.34. The standard InChI is InChI=1S/C27H23F3N4O2.C20H14N4O3/c1-14-13-31-25-21(14)22-17-7-6-16(34-9-3-2-4-10-34)12-19(17)32-26(36)23(22)24(33-25)15-5-8-20(35)18(11-15)27(28,29)30;1-10-15-16-13-4-2-3-5-14(13)24(27)20(26)17(16)18(21-19(15)23-22-10)11-6-8-12(25)9-7-11/h5-8,11-13,35H,2-4,9-10H2,1H3,(H,31,33)(H,32,36);2-9,25,27H,1H3,(H,21,22,23). The van der Waals surface area contributed by atoms with Gasteiger partial charge in [0.2, 0.25) is 0 Å². The van der Waals surface area contributed by atoms with Gasteiger partial charge in [0.15, 0.2) is 5.65 Å². The quantitative estimate of drug-likeness (QED) is 0.0743. The van der Waals surface area contributed by atoms with E-state index < -0.39 is 28.6 Å². The van der Waals surface area contributed by atoms with Crippen LogP contribution in [0.2, 0.25) is 0 Å². The van der Waals surface area contributed by atoms with E-state index in [1.54, 1.807) is 30.5 Å². The minimum absolute atomic E-state index is 0.0917. The lowest BCUT2D eigenvalue weighted by atomic mass is 9.97. The third-order valence-electron chi connectivity index (χ3n) is 11.9. The maximum Gasteiger partial charge on any atom is 0.419 e. The summed E-state index contributed by atoms with van der Waals surface area (Å²) in [6.45, 7) is 5.69. The number of aromatic amines is 3. The summed E-state index contributed by atoms with van der Waals surface area (Å²) in [4.78, 5) is 44.1. The van der Waals surface area contributed by atoms with Gasteiger partial charge in [-0.3, -0.25) is 14.7 Å². The number of benzene rings is 4. The average molecular weight is 851 g/mol. The van der Waals surface area contributed by atoms with Crippen molar-refractivity contribution < 1.29 is 28.6 Å². The fourth-order valence-corrected chi connectivity index (χ4v) is 8.91. The molecule has 7 heterocycles. The number of H-pyrrole nitrogens is 3. The zero-order valence-electron chi connectivity index (χ0n) is 33.7. The Labute approximate surface area is 353 Å². The molecule has 1 fully saturated rings. The molecule has 0 atom stereocenters. The second-order valence-electron chi connectivity index (χ2n) is 15.8. The molecule has 1 aliphatic heterocycles. The van der Waals surface area contributed by atoms with E-state index in [0.29, 0.717) is 54.5 Å². The number of para-hydroxylation sites is 1. The first kappa shape index (κ1) is 39.3. The first-order valence-electron chi connectivity index (χ1n) is 20.2. The number of hydrogen-bond acceptors (Lipinski definition) is 9. The third-order valence-corrected chi connectivity index (χ3v) is 11.9. The smallest absolute Gasteiger partial charge is 0.419 e. The Balaban J connectivity index is 0.000000156. The van der Waals surface area contributed by atoms with Crippen LogP contribution in [-0.4, -0.2) is 63.4 Å². The fourth-order valence-electron chi connectivity index (χ4n) is 8.91. The molecule has 0 spiro atoms. The highest BCUT2D eigenvalue weighted by atomic mass is 19.4. The highest BCUT2D eigenvalue weighted by molar-refractivity contribution is 6.23. The van der Waals surface area contributed by atoms with Gasteiger partial charge in [0.1, 0.15) is 17.1 Å². The summed E-state index contributed by atoms with van der Waals surface area (Å²) >= 11 is 0. The lowest BCUT2D eigenvalue weighted by molar-refractivity contribution is -0.138. The number of nitrogens with one attached hydrogen (secondary N) is 3. The molecule has 1 aliphatic rings. The van der Waals surface area contributed by atoms with Crippen molar-refractivity contribution in [3.05, 3.63) is 129 Å². The molecule has 11 rings (SSSR count). The summed E-state index contributed by atoms with van der Waals surface area (Å²) in [5, 5.41) is 42.0. The number of pyridine rings is 4. The lowest BCUT2D eigenvalue weighted by Gasteiger charge is -2.29. The van der Waals surface area contributed by atoms with Crippen molar-refractivity contribution >= 4 is 71.1 Å². The number of halogens is 3. The molecule has 13 nitrogen and oxygen atoms in total. The summed E-state index contributed by atoms with van der Waals surface area (Å²) in [5.74, 6) is -0.762. The number of phenolic OH excluding ortho intramolecular Hbond substituents is 2. The Hall–Kier alpha value is -7.88. The molecule has 0 saturated carbocycles. The van der Waals surface area contributed by atoms with Gasteiger partial charge in [0.25, 0.3) is 11.1 Å². The van der Waals surface area contributed by atoms with Crippen molar-refractivity contribution in [2.24, 2.45) is 0 Å². The Morgan fingerprint density at radius 3 is 2.21 bits per heavy atom. The number of aromatic hydroxyl groups is 2. The van der Waals surface area contributed by atoms with E-state index in [1.165, 1.54) is 24.6 Å². The number of fused-ring (bicyclic) bond motifs is 10. The normalized spacial score (nSPS) is 13.4. The predicted octanol–water partition coefficient (Wildman–Crippen LogP) is 9.59. The van der Waals surface area contributed by atoms with Gasteiger partial charge in [-0.2, -0.15) is 18.3 Å². The van der Waals surface area contributed by atoms with Crippen LogP contribution in [0, 0.1) is 13.8 Å². The van der Waals surface area contributed by atoms with E-state index in [9.17, 15) is 38.2 Å². The Kier molecular flexibility index (Phi) is 9.13. The second kappa shape index (κ2) is 14.6. The molecule has 6 aromatic heterocycles. The number of rotatable bonds is 3. The zero-order valence-corrected chi connectivity index (χ0v) is 33.7. The van der Waals surface area contributed by atoms with Crippen molar-refractivity contribution in [1.29, 1.82) is 0 Å². The molecular weight excluding hydrogens is 814 g/mol. The van der Waals surface area contributed by atoms with Gasteiger partial charge < -0.3 is 30.3 Å². The SMILES string of the molecule is Cc1[nH]nc2nc(-c3ccc(O)cc3)c3c(=O)n(O)c4ccccc4c3c12.Cc1c[nH]c2nc(-c3ccc(O)c(C(F)(F)F)c3)c3c(=O)[nH]c4cc(N5CCCCC5)ccc4c3c12. The topological polar surface area (TPSA) is 189 Å². The van der Waals surface area contributed by atoms with Gasteiger partial charge in [-0.25, -0.2) is 9.97 Å². The monoisotopic (exact) mass is 850 g/mol. The van der Waals surface area contributed by atoms with Crippen LogP contribution in [0.1, 0.15) is 36.1 Å². The zero-order chi connectivity index (χ0) is 43.9. The minimum atomic E-state index is -4.76. The fraction of sp³-hybridized carbons (Fsp3) is 0.170. The Morgan fingerprint density at radius 1 is 0.730 bits per heavy atom. The summed E-state index contributed by atoms with van der Waals surface area (Å²) in [7, 11) is 0. The van der Waals surface area contributed by atoms with Crippen molar-refractivity contribution in [3.8, 4) is 34.0 Å². The van der Waals surface area contributed by atoms with Crippen LogP contribution < -0.4 is 16.0 Å². The summed E-state index contributed by atoms with van der Waals surface area (Å²) in [6.07, 6.45) is 0.467. The van der Waals surface area contributed by atoms with E-state index >= 15 is 0 Å². The molecule has 0 aliphatic carbocycles. The molecule has 0 bridgehead atoms. The molecule has 1 saturated heterocycles. The van der Waals surface area contributed by atoms with Gasteiger partial charge in [-0.1, -0.05) is 24.3 Å². The number of hydrogen-bond donors (Lipinski definition) is 6. The Morgan fingerprint density at radius 2 is 1.44 bits per heavy atom. The number of aromatic nitrogens is 7. The van der Waals surface area contributed by atoms with Gasteiger partial charge in [-0.15, -0.1) is 4.73 Å². The summed E-state index contributed by atoms with van der Waals surface area (Å²) in [5.41, 5.74) is 3.84. The number of anilines is 1. The molecule has 63 heavy (non-hydrogen) atoms. The largest absolute Gasteiger partial charge is 0.508 e. The van der Waals surface area contributed by atoms with Crippen molar-refractivity contribution in [2.45, 2.75) is 39.3 Å². The van der Waals surface area contributed by atoms with Gasteiger partial charge >= 0.3 is 6.18 Å². The number of nitrogens with zero attached hydrogens (tertiary/aromatic N) is 5. The van der Waals surface area contributed by atoms with Crippen molar-refractivity contribution in [3.63, 3.8) is 0 Å². The van der Waals surface area contributed by atoms with Gasteiger partial charge in [-0.05, 0) is 99.3 Å². The van der Waals surface area contributed by atoms with Crippen LogP contribution in [0.15, 0.2) is 101 Å². The summed E-state index contributed by atoms with van der Waals surface area (Å²) in [6, 6.07) is 22.7. The first-order chi connectivity index (χ1) is 30.3. The molecule has 316 valence electrons. The minimum Gasteiger partial charge on any atom is -0.508 e. The molecule has 4 aromatic carbocycles. The van der Waals surface area contributed by atoms with Crippen molar-refractivity contribution in [2.75, 3.05) is 18.0 Å². The van der Waals surface area contributed by atoms with E-state index in [4.69, 9.17) is 0 Å². The number of aryl methyl sites for hydroxylation is 2. The predicted molar refractivity (Wildman–Crippen MR) is 237 cm³/mol. The van der Waals surface area contributed by atoms with E-state index in [-0.39, 0.29) is 22.4 Å². The van der Waals surface area contributed by atoms with Gasteiger partial charge in [0.05, 0.1) is 44.1 Å². The van der Waals surface area contributed by atoms with Crippen LogP contribution >= 0.6 is 0 Å². The molecule has 6 N–H and O–H groups in total. The van der Waals surface area contributed by atoms with E-state index in [0.717, 1.165) is 76.6 Å². The van der Waals surface area contributed by atoms with Gasteiger partial charge in [0, 0.05) is 68.7 Å². The first-order valence-corrected chi connectivity index (χ1v) is 20.2. The molecule has 0 unspecified atom stereocenters. The Bertz CT molecular complexity index is 3610. The van der Waals surface area contributed by atoms with Crippen LogP contribution in [0.5, 0.6) is 11.5 Å². The molecule has 0 amide bonds. The third kappa shape index (κ3) is 6.44. The molecular formula is C47H37F3N8O5. The number of piperidine rings is 1. The lowest BCUT2D eigenvalue weighted by Crippen LogP contribution is -2.29. The van der Waals surface area contributed by atoms with E-state index in [2.05, 4.69) is 35.0 Å². The van der Waals surface area contributed by atoms with Crippen molar-refractivity contribution in [1.82, 2.24) is 34.9 Å². The summed E-state index contributed by atoms with van der Waals surface area (Å²) < 4.78 is 41.3. The molecule has 16 heteroatoms. The second-order valence-corrected chi connectivity index (χ2v) is 15.8. The van der Waals surface area contributed by atoms with Crippen LogP contribution in [0.25, 0.3) is 87.9 Å². The average Bonchev–Trinajstić information content (AvgIpc) is 3.85. The van der Waals surface area contributed by atoms with Crippen LogP contribution in [-0.2, 0) is 6.18 Å². The van der Waals surface area contributed by atoms with E-state index in [1.807, 2.05) is 44.2 Å². The maximum atomic E-state index is 13.5. The molecule has 10 aromatic rings. The number of phenols is 2.